The van der Waals surface area contributed by atoms with Crippen molar-refractivity contribution in [2.45, 2.75) is 52.4 Å². The highest BCUT2D eigenvalue weighted by Crippen LogP contribution is 2.42. The summed E-state index contributed by atoms with van der Waals surface area (Å²) in [5.74, 6) is 0. The molecule has 0 amide bonds. The minimum absolute atomic E-state index is 0.135. The predicted octanol–water partition coefficient (Wildman–Crippen LogP) is 10.1. The van der Waals surface area contributed by atoms with Crippen molar-refractivity contribution in [3.05, 3.63) is 108 Å². The van der Waals surface area contributed by atoms with Crippen molar-refractivity contribution >= 4 is 44.3 Å². The summed E-state index contributed by atoms with van der Waals surface area (Å²) in [4.78, 5) is 0. The number of benzene rings is 5. The Morgan fingerprint density at radius 2 is 0.667 bits per heavy atom. The third-order valence-corrected chi connectivity index (χ3v) is 6.97. The van der Waals surface area contributed by atoms with E-state index < -0.39 is 0 Å². The number of nitrogens with one attached hydrogen (secondary N) is 2. The van der Waals surface area contributed by atoms with Gasteiger partial charge in [0.15, 0.2) is 0 Å². The number of anilines is 4. The zero-order valence-electron chi connectivity index (χ0n) is 22.2. The monoisotopic (exact) mass is 472 g/mol. The van der Waals surface area contributed by atoms with Gasteiger partial charge in [0.1, 0.15) is 0 Å². The highest BCUT2D eigenvalue weighted by Gasteiger charge is 2.17. The molecule has 0 atom stereocenters. The first-order valence-corrected chi connectivity index (χ1v) is 12.8. The lowest BCUT2D eigenvalue weighted by Crippen LogP contribution is -2.10. The van der Waals surface area contributed by atoms with Crippen LogP contribution in [0, 0.1) is 0 Å². The van der Waals surface area contributed by atoms with E-state index in [1.807, 2.05) is 0 Å². The zero-order valence-corrected chi connectivity index (χ0v) is 22.2. The Hall–Kier alpha value is -3.78. The molecule has 0 saturated heterocycles. The van der Waals surface area contributed by atoms with Gasteiger partial charge in [-0.15, -0.1) is 0 Å². The van der Waals surface area contributed by atoms with Crippen LogP contribution in [-0.2, 0) is 10.8 Å². The number of hydrogen-bond donors (Lipinski definition) is 2. The minimum Gasteiger partial charge on any atom is -0.355 e. The first-order chi connectivity index (χ1) is 17.1. The molecule has 0 spiro atoms. The Balaban J connectivity index is 1.61. The fraction of sp³-hybridized carbons (Fsp3) is 0.235. The molecule has 2 heteroatoms. The molecule has 5 rings (SSSR count). The highest BCUT2D eigenvalue weighted by atomic mass is 14.9. The van der Waals surface area contributed by atoms with Gasteiger partial charge in [0.2, 0.25) is 0 Å². The third-order valence-electron chi connectivity index (χ3n) is 6.97. The molecule has 5 aromatic rings. The fourth-order valence-electron chi connectivity index (χ4n) is 4.79. The van der Waals surface area contributed by atoms with Crippen LogP contribution in [0.4, 0.5) is 22.7 Å². The second-order valence-electron chi connectivity index (χ2n) is 11.7. The van der Waals surface area contributed by atoms with Gasteiger partial charge in [-0.1, -0.05) is 114 Å². The molecule has 0 unspecified atom stereocenters. The number of rotatable bonds is 4. The number of hydrogen-bond acceptors (Lipinski definition) is 2. The molecule has 0 saturated carbocycles. The average molecular weight is 473 g/mol. The topological polar surface area (TPSA) is 24.1 Å². The summed E-state index contributed by atoms with van der Waals surface area (Å²) in [7, 11) is 0. The Labute approximate surface area is 215 Å². The molecule has 0 aliphatic rings. The molecule has 2 N–H and O–H groups in total. The van der Waals surface area contributed by atoms with E-state index in [2.05, 4.69) is 149 Å². The smallest absolute Gasteiger partial charge is 0.0545 e. The van der Waals surface area contributed by atoms with Crippen molar-refractivity contribution in [1.29, 1.82) is 0 Å². The molecule has 182 valence electrons. The summed E-state index contributed by atoms with van der Waals surface area (Å²) >= 11 is 0. The van der Waals surface area contributed by atoms with Gasteiger partial charge in [0.25, 0.3) is 0 Å². The van der Waals surface area contributed by atoms with Crippen molar-refractivity contribution < 1.29 is 0 Å². The maximum atomic E-state index is 3.76. The van der Waals surface area contributed by atoms with Crippen molar-refractivity contribution in [2.24, 2.45) is 0 Å². The maximum Gasteiger partial charge on any atom is 0.0545 e. The van der Waals surface area contributed by atoms with Crippen LogP contribution in [0.2, 0.25) is 0 Å². The molecule has 36 heavy (non-hydrogen) atoms. The molecule has 0 aliphatic carbocycles. The fourth-order valence-corrected chi connectivity index (χ4v) is 4.79. The maximum absolute atomic E-state index is 3.76. The molecule has 0 heterocycles. The second kappa shape index (κ2) is 9.02. The van der Waals surface area contributed by atoms with E-state index in [4.69, 9.17) is 0 Å². The van der Waals surface area contributed by atoms with E-state index in [-0.39, 0.29) is 10.8 Å². The summed E-state index contributed by atoms with van der Waals surface area (Å²) in [6.07, 6.45) is 0. The molecule has 0 bridgehead atoms. The second-order valence-corrected chi connectivity index (χ2v) is 11.7. The summed E-state index contributed by atoms with van der Waals surface area (Å²) in [6.45, 7) is 13.5. The molecule has 0 aromatic heterocycles. The van der Waals surface area contributed by atoms with E-state index in [1.54, 1.807) is 0 Å². The van der Waals surface area contributed by atoms with Gasteiger partial charge in [0.05, 0.1) is 11.4 Å². The van der Waals surface area contributed by atoms with E-state index in [1.165, 1.54) is 32.7 Å². The lowest BCUT2D eigenvalue weighted by molar-refractivity contribution is 0.590. The van der Waals surface area contributed by atoms with Crippen molar-refractivity contribution in [3.63, 3.8) is 0 Å². The van der Waals surface area contributed by atoms with Crippen LogP contribution in [0.15, 0.2) is 97.1 Å². The quantitative estimate of drug-likeness (QED) is 0.201. The van der Waals surface area contributed by atoms with Gasteiger partial charge in [-0.25, -0.2) is 0 Å². The van der Waals surface area contributed by atoms with E-state index >= 15 is 0 Å². The van der Waals surface area contributed by atoms with Gasteiger partial charge in [-0.2, -0.15) is 0 Å². The van der Waals surface area contributed by atoms with Crippen molar-refractivity contribution in [3.8, 4) is 0 Å². The van der Waals surface area contributed by atoms with Crippen molar-refractivity contribution in [2.75, 3.05) is 10.6 Å². The summed E-state index contributed by atoms with van der Waals surface area (Å²) in [6, 6.07) is 35.0. The van der Waals surface area contributed by atoms with Gasteiger partial charge < -0.3 is 10.6 Å². The van der Waals surface area contributed by atoms with Crippen LogP contribution in [0.5, 0.6) is 0 Å². The lowest BCUT2D eigenvalue weighted by atomic mass is 9.87. The molecule has 0 radical (unpaired) electrons. The standard InChI is InChI=1S/C34H36N2/c1-33(2,3)23-15-19-25(20-16-23)35-31-27-11-7-9-13-29(27)32(30-14-10-8-12-28(30)31)36-26-21-17-24(18-22-26)34(4,5)6/h7-22,35-36H,1-6H3. The van der Waals surface area contributed by atoms with Gasteiger partial charge >= 0.3 is 0 Å². The van der Waals surface area contributed by atoms with Crippen molar-refractivity contribution in [1.82, 2.24) is 0 Å². The molecule has 2 nitrogen and oxygen atoms in total. The Morgan fingerprint density at radius 1 is 0.389 bits per heavy atom. The molecular weight excluding hydrogens is 436 g/mol. The largest absolute Gasteiger partial charge is 0.355 e. The summed E-state index contributed by atoms with van der Waals surface area (Å²) < 4.78 is 0. The third kappa shape index (κ3) is 4.68. The Bertz CT molecular complexity index is 1340. The predicted molar refractivity (Wildman–Crippen MR) is 158 cm³/mol. The SMILES string of the molecule is CC(C)(C)c1ccc(Nc2c3ccccc3c(Nc3ccc(C(C)(C)C)cc3)c3ccccc23)cc1. The van der Waals surface area contributed by atoms with E-state index in [9.17, 15) is 0 Å². The van der Waals surface area contributed by atoms with E-state index in [0.717, 1.165) is 22.7 Å². The van der Waals surface area contributed by atoms with Crippen LogP contribution >= 0.6 is 0 Å². The molecule has 0 fully saturated rings. The lowest BCUT2D eigenvalue weighted by Gasteiger charge is -2.22. The first kappa shape index (κ1) is 23.9. The highest BCUT2D eigenvalue weighted by molar-refractivity contribution is 6.20. The van der Waals surface area contributed by atoms with Gasteiger partial charge in [-0.3, -0.25) is 0 Å². The minimum atomic E-state index is 0.135. The Kier molecular flexibility index (Phi) is 6.00. The number of fused-ring (bicyclic) bond motifs is 2. The molecule has 0 aliphatic heterocycles. The van der Waals surface area contributed by atoms with Crippen LogP contribution < -0.4 is 10.6 Å². The summed E-state index contributed by atoms with van der Waals surface area (Å²) in [5.41, 5.74) is 7.40. The van der Waals surface area contributed by atoms with Crippen LogP contribution in [-0.4, -0.2) is 0 Å². The molecule has 5 aromatic carbocycles. The van der Waals surface area contributed by atoms with Gasteiger partial charge in [0, 0.05) is 32.9 Å². The normalized spacial score (nSPS) is 12.2. The van der Waals surface area contributed by atoms with Crippen LogP contribution in [0.1, 0.15) is 52.7 Å². The first-order valence-electron chi connectivity index (χ1n) is 12.8. The molecular formula is C34H36N2. The van der Waals surface area contributed by atoms with Gasteiger partial charge in [-0.05, 0) is 46.2 Å². The zero-order chi connectivity index (χ0) is 25.5. The average Bonchev–Trinajstić information content (AvgIpc) is 2.85. The summed E-state index contributed by atoms with van der Waals surface area (Å²) in [5, 5.41) is 12.3. The Morgan fingerprint density at radius 3 is 0.917 bits per heavy atom. The van der Waals surface area contributed by atoms with Crippen LogP contribution in [0.3, 0.4) is 0 Å². The van der Waals surface area contributed by atoms with E-state index in [0.29, 0.717) is 0 Å². The van der Waals surface area contributed by atoms with Crippen LogP contribution in [0.25, 0.3) is 21.5 Å².